The lowest BCUT2D eigenvalue weighted by Gasteiger charge is -2.18. The Hall–Kier alpha value is -0.430. The summed E-state index contributed by atoms with van der Waals surface area (Å²) in [4.78, 5) is 8.76. The van der Waals surface area contributed by atoms with Gasteiger partial charge in [-0.15, -0.1) is 0 Å². The van der Waals surface area contributed by atoms with Gasteiger partial charge in [-0.1, -0.05) is 20.8 Å². The average molecular weight is 321 g/mol. The Balaban J connectivity index is 3.23. The van der Waals surface area contributed by atoms with Crippen molar-refractivity contribution in [3.63, 3.8) is 0 Å². The number of nitrogen functional groups attached to an aromatic ring is 1. The Labute approximate surface area is 104 Å². The van der Waals surface area contributed by atoms with Crippen LogP contribution in [0.1, 0.15) is 32.3 Å². The summed E-state index contributed by atoms with van der Waals surface area (Å²) < 4.78 is 5.96. The molecule has 0 bridgehead atoms. The fourth-order valence-corrected chi connectivity index (χ4v) is 1.48. The van der Waals surface area contributed by atoms with E-state index in [1.807, 2.05) is 0 Å². The minimum atomic E-state index is -0.0963. The molecule has 1 heterocycles. The summed E-state index contributed by atoms with van der Waals surface area (Å²) >= 11 is 2.14. The first-order valence-corrected chi connectivity index (χ1v) is 5.75. The summed E-state index contributed by atoms with van der Waals surface area (Å²) in [5.41, 5.74) is 6.59. The van der Waals surface area contributed by atoms with Gasteiger partial charge in [0.2, 0.25) is 0 Å². The highest BCUT2D eigenvalue weighted by Crippen LogP contribution is 2.23. The van der Waals surface area contributed by atoms with Gasteiger partial charge in [-0.3, -0.25) is 0 Å². The fourth-order valence-electron chi connectivity index (χ4n) is 1.08. The van der Waals surface area contributed by atoms with E-state index in [1.54, 1.807) is 7.11 Å². The van der Waals surface area contributed by atoms with Gasteiger partial charge in [0.15, 0.2) is 0 Å². The van der Waals surface area contributed by atoms with Gasteiger partial charge in [-0.2, -0.15) is 0 Å². The van der Waals surface area contributed by atoms with Gasteiger partial charge in [0.05, 0.1) is 15.9 Å². The lowest BCUT2D eigenvalue weighted by Crippen LogP contribution is -2.19. The van der Waals surface area contributed by atoms with E-state index in [0.29, 0.717) is 12.4 Å². The molecule has 0 aromatic carbocycles. The first-order chi connectivity index (χ1) is 6.86. The van der Waals surface area contributed by atoms with E-state index in [0.717, 1.165) is 15.1 Å². The molecular weight excluding hydrogens is 305 g/mol. The maximum absolute atomic E-state index is 5.83. The number of hydrogen-bond acceptors (Lipinski definition) is 4. The molecule has 2 N–H and O–H groups in total. The fraction of sp³-hybridized carbons (Fsp3) is 0.600. The van der Waals surface area contributed by atoms with Crippen molar-refractivity contribution in [2.45, 2.75) is 32.8 Å². The quantitative estimate of drug-likeness (QED) is 0.848. The minimum Gasteiger partial charge on any atom is -0.383 e. The summed E-state index contributed by atoms with van der Waals surface area (Å²) in [5.74, 6) is 1.29. The first-order valence-electron chi connectivity index (χ1n) is 4.67. The Morgan fingerprint density at radius 3 is 2.40 bits per heavy atom. The molecule has 0 aliphatic carbocycles. The van der Waals surface area contributed by atoms with Crippen LogP contribution >= 0.6 is 22.6 Å². The van der Waals surface area contributed by atoms with Crippen molar-refractivity contribution in [1.29, 1.82) is 0 Å². The summed E-state index contributed by atoms with van der Waals surface area (Å²) in [5, 5.41) is 0. The van der Waals surface area contributed by atoms with Crippen molar-refractivity contribution in [2.24, 2.45) is 0 Å². The van der Waals surface area contributed by atoms with Crippen LogP contribution in [0, 0.1) is 3.57 Å². The minimum absolute atomic E-state index is 0.0963. The molecular formula is C10H16IN3O. The van der Waals surface area contributed by atoms with Gasteiger partial charge < -0.3 is 10.5 Å². The lowest BCUT2D eigenvalue weighted by molar-refractivity contribution is 0.180. The summed E-state index contributed by atoms with van der Waals surface area (Å²) in [7, 11) is 1.64. The van der Waals surface area contributed by atoms with Crippen LogP contribution in [0.25, 0.3) is 0 Å². The number of hydrogen-bond donors (Lipinski definition) is 1. The van der Waals surface area contributed by atoms with E-state index < -0.39 is 0 Å². The molecule has 0 atom stereocenters. The summed E-state index contributed by atoms with van der Waals surface area (Å²) in [6.45, 7) is 6.65. The van der Waals surface area contributed by atoms with Crippen LogP contribution in [0.4, 0.5) is 5.82 Å². The molecule has 4 nitrogen and oxygen atoms in total. The molecule has 1 rings (SSSR count). The van der Waals surface area contributed by atoms with Crippen molar-refractivity contribution in [3.05, 3.63) is 15.1 Å². The van der Waals surface area contributed by atoms with Crippen molar-refractivity contribution in [2.75, 3.05) is 12.8 Å². The van der Waals surface area contributed by atoms with Gasteiger partial charge in [0.25, 0.3) is 0 Å². The third-order valence-corrected chi connectivity index (χ3v) is 3.07. The molecule has 0 aliphatic rings. The van der Waals surface area contributed by atoms with Gasteiger partial charge in [-0.25, -0.2) is 9.97 Å². The molecule has 15 heavy (non-hydrogen) atoms. The van der Waals surface area contributed by atoms with Crippen molar-refractivity contribution in [1.82, 2.24) is 9.97 Å². The molecule has 5 heteroatoms. The lowest BCUT2D eigenvalue weighted by atomic mass is 9.95. The molecule has 0 spiro atoms. The molecule has 0 saturated heterocycles. The normalized spacial score (nSPS) is 11.8. The molecule has 1 aromatic heterocycles. The second-order valence-electron chi connectivity index (χ2n) is 4.38. The highest BCUT2D eigenvalue weighted by Gasteiger charge is 2.20. The Morgan fingerprint density at radius 2 is 1.93 bits per heavy atom. The third kappa shape index (κ3) is 3.01. The first kappa shape index (κ1) is 12.6. The van der Waals surface area contributed by atoms with E-state index >= 15 is 0 Å². The molecule has 0 radical (unpaired) electrons. The van der Waals surface area contributed by atoms with E-state index in [4.69, 9.17) is 10.5 Å². The van der Waals surface area contributed by atoms with Crippen LogP contribution < -0.4 is 5.73 Å². The van der Waals surface area contributed by atoms with Crippen molar-refractivity contribution in [3.8, 4) is 0 Å². The average Bonchev–Trinajstić information content (AvgIpc) is 2.11. The zero-order valence-electron chi connectivity index (χ0n) is 9.47. The Morgan fingerprint density at radius 1 is 1.33 bits per heavy atom. The van der Waals surface area contributed by atoms with E-state index in [9.17, 15) is 0 Å². The number of methoxy groups -OCH3 is 1. The standard InChI is InChI=1S/C10H16IN3O/c1-10(2,3)9-13-6(5-15-4)7(11)8(12)14-9/h5H2,1-4H3,(H2,12,13,14). The van der Waals surface area contributed by atoms with Crippen LogP contribution in [0.2, 0.25) is 0 Å². The van der Waals surface area contributed by atoms with Gasteiger partial charge in [-0.05, 0) is 22.6 Å². The number of aromatic nitrogens is 2. The van der Waals surface area contributed by atoms with Crippen molar-refractivity contribution < 1.29 is 4.74 Å². The Bertz CT molecular complexity index is 360. The van der Waals surface area contributed by atoms with Crippen LogP contribution in [0.3, 0.4) is 0 Å². The zero-order chi connectivity index (χ0) is 11.6. The second kappa shape index (κ2) is 4.61. The van der Waals surface area contributed by atoms with Crippen LogP contribution in [0.5, 0.6) is 0 Å². The molecule has 84 valence electrons. The Kier molecular flexibility index (Phi) is 3.88. The van der Waals surface area contributed by atoms with Gasteiger partial charge >= 0.3 is 0 Å². The van der Waals surface area contributed by atoms with Crippen LogP contribution in [0.15, 0.2) is 0 Å². The number of nitrogens with two attached hydrogens (primary N) is 1. The zero-order valence-corrected chi connectivity index (χ0v) is 11.6. The molecule has 1 aromatic rings. The molecule has 0 unspecified atom stereocenters. The molecule has 0 aliphatic heterocycles. The maximum atomic E-state index is 5.83. The number of ether oxygens (including phenoxy) is 1. The van der Waals surface area contributed by atoms with Gasteiger partial charge in [0, 0.05) is 12.5 Å². The molecule has 0 amide bonds. The molecule has 0 fully saturated rings. The van der Waals surface area contributed by atoms with E-state index in [-0.39, 0.29) is 5.41 Å². The van der Waals surface area contributed by atoms with Crippen LogP contribution in [-0.2, 0) is 16.8 Å². The molecule has 0 saturated carbocycles. The number of halogens is 1. The van der Waals surface area contributed by atoms with Crippen molar-refractivity contribution >= 4 is 28.4 Å². The van der Waals surface area contributed by atoms with Gasteiger partial charge in [0.1, 0.15) is 11.6 Å². The van der Waals surface area contributed by atoms with E-state index in [2.05, 4.69) is 53.3 Å². The monoisotopic (exact) mass is 321 g/mol. The number of nitrogens with zero attached hydrogens (tertiary/aromatic N) is 2. The predicted octanol–water partition coefficient (Wildman–Crippen LogP) is 2.11. The SMILES string of the molecule is COCc1nc(C(C)(C)C)nc(N)c1I. The maximum Gasteiger partial charge on any atom is 0.141 e. The third-order valence-electron chi connectivity index (χ3n) is 1.90. The highest BCUT2D eigenvalue weighted by atomic mass is 127. The van der Waals surface area contributed by atoms with Crippen LogP contribution in [-0.4, -0.2) is 17.1 Å². The summed E-state index contributed by atoms with van der Waals surface area (Å²) in [6.07, 6.45) is 0. The topological polar surface area (TPSA) is 61.0 Å². The predicted molar refractivity (Wildman–Crippen MR) is 68.6 cm³/mol. The van der Waals surface area contributed by atoms with E-state index in [1.165, 1.54) is 0 Å². The smallest absolute Gasteiger partial charge is 0.141 e. The largest absolute Gasteiger partial charge is 0.383 e. The summed E-state index contributed by atoms with van der Waals surface area (Å²) in [6, 6.07) is 0. The number of anilines is 1. The number of rotatable bonds is 2. The second-order valence-corrected chi connectivity index (χ2v) is 5.45. The highest BCUT2D eigenvalue weighted by molar-refractivity contribution is 14.1.